The molecule has 0 amide bonds. The topological polar surface area (TPSA) is 55.2 Å². The second kappa shape index (κ2) is 6.00. The first-order valence-corrected chi connectivity index (χ1v) is 6.69. The van der Waals surface area contributed by atoms with Crippen LogP contribution in [-0.4, -0.2) is 4.92 Å². The largest absolute Gasteiger partial charge is 0.375 e. The van der Waals surface area contributed by atoms with Gasteiger partial charge in [-0.1, -0.05) is 29.8 Å². The lowest BCUT2D eigenvalue weighted by molar-refractivity contribution is -0.384. The van der Waals surface area contributed by atoms with Crippen molar-refractivity contribution in [2.24, 2.45) is 0 Å². The maximum absolute atomic E-state index is 13.4. The van der Waals surface area contributed by atoms with Crippen molar-refractivity contribution in [1.29, 1.82) is 0 Å². The summed E-state index contributed by atoms with van der Waals surface area (Å²) in [7, 11) is 0. The van der Waals surface area contributed by atoms with Gasteiger partial charge in [-0.25, -0.2) is 4.39 Å². The van der Waals surface area contributed by atoms with Gasteiger partial charge in [0.2, 0.25) is 0 Å². The number of hydrogen-bond acceptors (Lipinski definition) is 3. The second-order valence-electron chi connectivity index (χ2n) is 4.38. The Labute approximate surface area is 123 Å². The van der Waals surface area contributed by atoms with Crippen molar-refractivity contribution in [3.63, 3.8) is 0 Å². The average Bonchev–Trinajstić information content (AvgIpc) is 2.39. The first-order valence-electron chi connectivity index (χ1n) is 5.90. The van der Waals surface area contributed by atoms with Gasteiger partial charge in [-0.05, 0) is 34.5 Å². The number of nitro groups is 1. The highest BCUT2D eigenvalue weighted by Gasteiger charge is 2.17. The predicted octanol–water partition coefficient (Wildman–Crippen LogP) is 4.42. The van der Waals surface area contributed by atoms with Crippen LogP contribution in [0.2, 0.25) is 0 Å². The molecule has 2 aromatic carbocycles. The number of benzene rings is 2. The Morgan fingerprint density at radius 2 is 2.10 bits per heavy atom. The lowest BCUT2D eigenvalue weighted by atomic mass is 10.1. The number of halogens is 2. The molecule has 4 nitrogen and oxygen atoms in total. The van der Waals surface area contributed by atoms with Crippen LogP contribution in [0.15, 0.2) is 40.9 Å². The van der Waals surface area contributed by atoms with E-state index in [4.69, 9.17) is 0 Å². The zero-order valence-electron chi connectivity index (χ0n) is 10.7. The van der Waals surface area contributed by atoms with Gasteiger partial charge in [-0.2, -0.15) is 0 Å². The van der Waals surface area contributed by atoms with Gasteiger partial charge in [0.15, 0.2) is 0 Å². The van der Waals surface area contributed by atoms with Crippen LogP contribution >= 0.6 is 15.9 Å². The number of aryl methyl sites for hydroxylation is 1. The summed E-state index contributed by atoms with van der Waals surface area (Å²) in [5.74, 6) is -0.655. The Hall–Kier alpha value is -1.95. The van der Waals surface area contributed by atoms with Gasteiger partial charge >= 0.3 is 0 Å². The summed E-state index contributed by atoms with van der Waals surface area (Å²) >= 11 is 3.03. The summed E-state index contributed by atoms with van der Waals surface area (Å²) in [6.45, 7) is 2.40. The normalized spacial score (nSPS) is 10.3. The monoisotopic (exact) mass is 338 g/mol. The molecule has 0 aromatic heterocycles. The standard InChI is InChI=1S/C14H12BrFN2O2/c1-9-3-2-4-10(5-9)8-17-13-6-11(15)12(16)7-14(13)18(19)20/h2-7,17H,8H2,1H3. The van der Waals surface area contributed by atoms with E-state index in [1.54, 1.807) is 0 Å². The van der Waals surface area contributed by atoms with E-state index in [1.165, 1.54) is 6.07 Å². The molecular formula is C14H12BrFN2O2. The van der Waals surface area contributed by atoms with Crippen molar-refractivity contribution < 1.29 is 9.31 Å². The van der Waals surface area contributed by atoms with E-state index in [-0.39, 0.29) is 15.8 Å². The summed E-state index contributed by atoms with van der Waals surface area (Å²) in [6.07, 6.45) is 0. The Bertz CT molecular complexity index is 662. The number of anilines is 1. The zero-order valence-corrected chi connectivity index (χ0v) is 12.3. The Morgan fingerprint density at radius 1 is 1.35 bits per heavy atom. The smallest absolute Gasteiger partial charge is 0.295 e. The molecule has 0 fully saturated rings. The third-order valence-electron chi connectivity index (χ3n) is 2.80. The Kier molecular flexibility index (Phi) is 4.34. The molecule has 0 unspecified atom stereocenters. The van der Waals surface area contributed by atoms with Gasteiger partial charge in [0.25, 0.3) is 5.69 Å². The van der Waals surface area contributed by atoms with Crippen LogP contribution < -0.4 is 5.32 Å². The van der Waals surface area contributed by atoms with Crippen LogP contribution in [0.4, 0.5) is 15.8 Å². The molecule has 0 aliphatic heterocycles. The maximum Gasteiger partial charge on any atom is 0.295 e. The molecule has 20 heavy (non-hydrogen) atoms. The van der Waals surface area contributed by atoms with E-state index >= 15 is 0 Å². The molecule has 0 atom stereocenters. The van der Waals surface area contributed by atoms with E-state index in [0.717, 1.165) is 17.2 Å². The first-order chi connectivity index (χ1) is 9.47. The molecule has 2 rings (SSSR count). The second-order valence-corrected chi connectivity index (χ2v) is 5.24. The summed E-state index contributed by atoms with van der Waals surface area (Å²) in [5, 5.41) is 13.9. The van der Waals surface area contributed by atoms with Crippen molar-refractivity contribution >= 4 is 27.3 Å². The van der Waals surface area contributed by atoms with Crippen LogP contribution in [0.5, 0.6) is 0 Å². The minimum absolute atomic E-state index is 0.190. The van der Waals surface area contributed by atoms with Gasteiger partial charge in [-0.15, -0.1) is 0 Å². The molecule has 0 spiro atoms. The molecule has 0 aliphatic rings. The molecule has 0 radical (unpaired) electrons. The molecule has 0 saturated carbocycles. The highest BCUT2D eigenvalue weighted by atomic mass is 79.9. The van der Waals surface area contributed by atoms with Crippen LogP contribution in [0, 0.1) is 22.9 Å². The minimum atomic E-state index is -0.655. The lowest BCUT2D eigenvalue weighted by Crippen LogP contribution is -2.03. The van der Waals surface area contributed by atoms with Gasteiger partial charge < -0.3 is 5.32 Å². The molecule has 2 aromatic rings. The maximum atomic E-state index is 13.4. The van der Waals surface area contributed by atoms with E-state index < -0.39 is 10.7 Å². The molecule has 6 heteroatoms. The SMILES string of the molecule is Cc1cccc(CNc2cc(Br)c(F)cc2[N+](=O)[O-])c1. The van der Waals surface area contributed by atoms with Crippen molar-refractivity contribution in [1.82, 2.24) is 0 Å². The van der Waals surface area contributed by atoms with Crippen molar-refractivity contribution in [2.45, 2.75) is 13.5 Å². The Balaban J connectivity index is 2.24. The summed E-state index contributed by atoms with van der Waals surface area (Å²) in [6, 6.07) is 10.1. The Morgan fingerprint density at radius 3 is 2.75 bits per heavy atom. The lowest BCUT2D eigenvalue weighted by Gasteiger charge is -2.09. The minimum Gasteiger partial charge on any atom is -0.375 e. The van der Waals surface area contributed by atoms with Crippen LogP contribution in [0.3, 0.4) is 0 Å². The summed E-state index contributed by atoms with van der Waals surface area (Å²) in [4.78, 5) is 10.3. The molecule has 104 valence electrons. The fraction of sp³-hybridized carbons (Fsp3) is 0.143. The molecular weight excluding hydrogens is 327 g/mol. The quantitative estimate of drug-likeness (QED) is 0.663. The van der Waals surface area contributed by atoms with Gasteiger partial charge in [-0.3, -0.25) is 10.1 Å². The molecule has 0 heterocycles. The van der Waals surface area contributed by atoms with E-state index in [1.807, 2.05) is 31.2 Å². The zero-order chi connectivity index (χ0) is 14.7. The third-order valence-corrected chi connectivity index (χ3v) is 3.41. The van der Waals surface area contributed by atoms with Crippen LogP contribution in [0.1, 0.15) is 11.1 Å². The van der Waals surface area contributed by atoms with E-state index in [9.17, 15) is 14.5 Å². The predicted molar refractivity (Wildman–Crippen MR) is 79.3 cm³/mol. The molecule has 0 saturated heterocycles. The highest BCUT2D eigenvalue weighted by Crippen LogP contribution is 2.30. The average molecular weight is 339 g/mol. The van der Waals surface area contributed by atoms with E-state index in [2.05, 4.69) is 21.2 Å². The fourth-order valence-electron chi connectivity index (χ4n) is 1.85. The fourth-order valence-corrected chi connectivity index (χ4v) is 2.19. The van der Waals surface area contributed by atoms with Crippen LogP contribution in [0.25, 0.3) is 0 Å². The number of rotatable bonds is 4. The number of nitrogens with zero attached hydrogens (tertiary/aromatic N) is 1. The molecule has 0 aliphatic carbocycles. The van der Waals surface area contributed by atoms with Crippen molar-refractivity contribution in [3.05, 3.63) is 67.9 Å². The van der Waals surface area contributed by atoms with Gasteiger partial charge in [0.1, 0.15) is 11.5 Å². The summed E-state index contributed by atoms with van der Waals surface area (Å²) in [5.41, 5.74) is 2.11. The van der Waals surface area contributed by atoms with Crippen molar-refractivity contribution in [3.8, 4) is 0 Å². The van der Waals surface area contributed by atoms with Gasteiger partial charge in [0.05, 0.1) is 15.5 Å². The number of nitrogens with one attached hydrogen (secondary N) is 1. The van der Waals surface area contributed by atoms with E-state index in [0.29, 0.717) is 6.54 Å². The molecule has 1 N–H and O–H groups in total. The third kappa shape index (κ3) is 3.33. The number of hydrogen-bond donors (Lipinski definition) is 1. The van der Waals surface area contributed by atoms with Gasteiger partial charge in [0, 0.05) is 6.54 Å². The summed E-state index contributed by atoms with van der Waals surface area (Å²) < 4.78 is 13.5. The number of nitro benzene ring substituents is 1. The highest BCUT2D eigenvalue weighted by molar-refractivity contribution is 9.10. The first kappa shape index (κ1) is 14.5. The van der Waals surface area contributed by atoms with Crippen LogP contribution in [-0.2, 0) is 6.54 Å². The molecule has 0 bridgehead atoms. The van der Waals surface area contributed by atoms with Crippen molar-refractivity contribution in [2.75, 3.05) is 5.32 Å².